The maximum Gasteiger partial charge on any atom is 0.0881 e. The lowest BCUT2D eigenvalue weighted by atomic mass is 9.98. The minimum Gasteiger partial charge on any atom is -0.353 e. The molecule has 2 heteroatoms. The second kappa shape index (κ2) is 8.53. The molecule has 0 radical (unpaired) electrons. The van der Waals surface area contributed by atoms with Crippen LogP contribution in [-0.4, -0.2) is 10.7 Å². The maximum absolute atomic E-state index is 5.39. The zero-order valence-corrected chi connectivity index (χ0v) is 21.0. The monoisotopic (exact) mass is 456 g/mol. The third-order valence-electron chi connectivity index (χ3n) is 6.99. The van der Waals surface area contributed by atoms with Crippen molar-refractivity contribution in [2.24, 2.45) is 16.8 Å². The Hall–Kier alpha value is -3.65. The number of hydrogen-bond donors (Lipinski definition) is 1. The third-order valence-corrected chi connectivity index (χ3v) is 6.99. The fourth-order valence-corrected chi connectivity index (χ4v) is 5.60. The van der Waals surface area contributed by atoms with Crippen molar-refractivity contribution in [1.29, 1.82) is 0 Å². The van der Waals surface area contributed by atoms with E-state index < -0.39 is 0 Å². The van der Waals surface area contributed by atoms with Crippen LogP contribution in [0.25, 0.3) is 32.9 Å². The molecule has 1 aromatic heterocycles. The highest BCUT2D eigenvalue weighted by Gasteiger charge is 2.24. The van der Waals surface area contributed by atoms with Gasteiger partial charge in [-0.2, -0.15) is 0 Å². The highest BCUT2D eigenvalue weighted by atomic mass is 14.8. The molecule has 0 saturated heterocycles. The van der Waals surface area contributed by atoms with Gasteiger partial charge in [-0.1, -0.05) is 82.3 Å². The smallest absolute Gasteiger partial charge is 0.0881 e. The number of aliphatic imine (C=N–C) groups is 1. The average Bonchev–Trinajstić information content (AvgIpc) is 3.35. The van der Waals surface area contributed by atoms with Crippen LogP contribution >= 0.6 is 0 Å². The average molecular weight is 457 g/mol. The van der Waals surface area contributed by atoms with Crippen LogP contribution < -0.4 is 0 Å². The Kier molecular flexibility index (Phi) is 5.33. The predicted octanol–water partition coefficient (Wildman–Crippen LogP) is 8.87. The summed E-state index contributed by atoms with van der Waals surface area (Å²) in [6.07, 6.45) is 2.14. The molecule has 2 nitrogen and oxygen atoms in total. The van der Waals surface area contributed by atoms with Gasteiger partial charge in [0.15, 0.2) is 0 Å². The molecule has 35 heavy (non-hydrogen) atoms. The van der Waals surface area contributed by atoms with E-state index in [1.807, 2.05) is 0 Å². The molecule has 0 atom stereocenters. The van der Waals surface area contributed by atoms with E-state index in [2.05, 4.69) is 112 Å². The van der Waals surface area contributed by atoms with E-state index in [-0.39, 0.29) is 0 Å². The predicted molar refractivity (Wildman–Crippen MR) is 150 cm³/mol. The van der Waals surface area contributed by atoms with Gasteiger partial charge in [-0.15, -0.1) is 0 Å². The van der Waals surface area contributed by atoms with Gasteiger partial charge in [0.2, 0.25) is 0 Å². The zero-order valence-electron chi connectivity index (χ0n) is 21.0. The molecule has 5 aromatic rings. The van der Waals surface area contributed by atoms with Crippen LogP contribution in [0.15, 0.2) is 83.9 Å². The molecule has 0 saturated carbocycles. The number of nitrogens with zero attached hydrogens (tertiary/aromatic N) is 1. The third kappa shape index (κ3) is 3.87. The van der Waals surface area contributed by atoms with Crippen LogP contribution in [0.2, 0.25) is 0 Å². The van der Waals surface area contributed by atoms with Gasteiger partial charge in [-0.25, -0.2) is 4.99 Å². The Balaban J connectivity index is 1.61. The number of fused-ring (bicyclic) bond motifs is 6. The topological polar surface area (TPSA) is 28.1 Å². The van der Waals surface area contributed by atoms with Crippen molar-refractivity contribution in [3.63, 3.8) is 0 Å². The van der Waals surface area contributed by atoms with Crippen molar-refractivity contribution in [1.82, 2.24) is 4.98 Å². The lowest BCUT2D eigenvalue weighted by molar-refractivity contribution is 0.647. The summed E-state index contributed by atoms with van der Waals surface area (Å²) in [6, 6.07) is 28.9. The van der Waals surface area contributed by atoms with Crippen LogP contribution in [0.1, 0.15) is 49.9 Å². The number of aromatic nitrogens is 1. The van der Waals surface area contributed by atoms with E-state index in [1.165, 1.54) is 49.7 Å². The molecular weight excluding hydrogens is 424 g/mol. The van der Waals surface area contributed by atoms with Crippen LogP contribution in [0.3, 0.4) is 0 Å². The molecule has 174 valence electrons. The van der Waals surface area contributed by atoms with E-state index in [4.69, 9.17) is 4.99 Å². The van der Waals surface area contributed by atoms with E-state index in [9.17, 15) is 0 Å². The number of rotatable bonds is 5. The Morgan fingerprint density at radius 2 is 1.20 bits per heavy atom. The maximum atomic E-state index is 5.39. The lowest BCUT2D eigenvalue weighted by Gasteiger charge is -2.09. The molecular formula is C33H32N2. The van der Waals surface area contributed by atoms with Gasteiger partial charge < -0.3 is 4.98 Å². The first kappa shape index (κ1) is 21.9. The Morgan fingerprint density at radius 1 is 0.629 bits per heavy atom. The van der Waals surface area contributed by atoms with Gasteiger partial charge in [0.1, 0.15) is 0 Å². The Labute approximate surface area is 207 Å². The van der Waals surface area contributed by atoms with Gasteiger partial charge in [0.25, 0.3) is 0 Å². The van der Waals surface area contributed by atoms with Gasteiger partial charge in [0, 0.05) is 27.4 Å². The minimum atomic E-state index is 0.586. The van der Waals surface area contributed by atoms with Crippen molar-refractivity contribution < 1.29 is 0 Å². The summed E-state index contributed by atoms with van der Waals surface area (Å²) < 4.78 is 0. The highest BCUT2D eigenvalue weighted by Crippen LogP contribution is 2.40. The van der Waals surface area contributed by atoms with Gasteiger partial charge in [-0.05, 0) is 71.2 Å². The minimum absolute atomic E-state index is 0.586. The zero-order chi connectivity index (χ0) is 24.1. The molecule has 0 unspecified atom stereocenters. The van der Waals surface area contributed by atoms with Gasteiger partial charge in [-0.3, -0.25) is 0 Å². The van der Waals surface area contributed by atoms with Crippen LogP contribution in [0.5, 0.6) is 0 Å². The molecule has 0 fully saturated rings. The first-order valence-corrected chi connectivity index (χ1v) is 12.8. The second-order valence-electron chi connectivity index (χ2n) is 10.8. The lowest BCUT2D eigenvalue weighted by Crippen LogP contribution is -1.98. The molecule has 1 aliphatic rings. The SMILES string of the molecule is CC(C)Cc1ccc2[nH]c3c(N=C4c5ccccc5-c5ccccc54)cc(CC(C)C)cc3c2c1. The van der Waals surface area contributed by atoms with Gasteiger partial charge >= 0.3 is 0 Å². The van der Waals surface area contributed by atoms with E-state index in [1.54, 1.807) is 0 Å². The molecule has 0 aliphatic heterocycles. The normalized spacial score (nSPS) is 12.7. The first-order valence-electron chi connectivity index (χ1n) is 12.8. The molecule has 1 N–H and O–H groups in total. The van der Waals surface area contributed by atoms with Gasteiger partial charge in [0.05, 0.1) is 16.9 Å². The summed E-state index contributed by atoms with van der Waals surface area (Å²) >= 11 is 0. The quantitative estimate of drug-likeness (QED) is 0.268. The summed E-state index contributed by atoms with van der Waals surface area (Å²) in [7, 11) is 0. The first-order chi connectivity index (χ1) is 17.0. The summed E-state index contributed by atoms with van der Waals surface area (Å²) in [5, 5.41) is 2.58. The number of hydrogen-bond acceptors (Lipinski definition) is 1. The van der Waals surface area contributed by atoms with Crippen LogP contribution in [0.4, 0.5) is 5.69 Å². The van der Waals surface area contributed by atoms with E-state index in [0.29, 0.717) is 11.8 Å². The highest BCUT2D eigenvalue weighted by molar-refractivity contribution is 6.26. The molecule has 0 amide bonds. The summed E-state index contributed by atoms with van der Waals surface area (Å²) in [6.45, 7) is 9.14. The fraction of sp³-hybridized carbons (Fsp3) is 0.242. The fourth-order valence-electron chi connectivity index (χ4n) is 5.60. The summed E-state index contributed by atoms with van der Waals surface area (Å²) in [5.74, 6) is 1.22. The van der Waals surface area contributed by atoms with E-state index >= 15 is 0 Å². The standard InChI is InChI=1S/C33H32N2/c1-20(2)15-22-13-14-30-28(17-22)29-18-23(16-21(3)4)19-31(33(29)34-30)35-32-26-11-7-5-9-24(26)25-10-6-8-12-27(25)32/h5-14,17-21,34H,15-16H2,1-4H3. The van der Waals surface area contributed by atoms with Crippen LogP contribution in [-0.2, 0) is 12.8 Å². The van der Waals surface area contributed by atoms with Crippen molar-refractivity contribution >= 4 is 33.2 Å². The number of H-pyrrole nitrogens is 1. The van der Waals surface area contributed by atoms with E-state index in [0.717, 1.165) is 29.8 Å². The molecule has 1 aliphatic carbocycles. The Bertz CT molecular complexity index is 1550. The molecule has 6 rings (SSSR count). The number of nitrogens with one attached hydrogen (secondary N) is 1. The van der Waals surface area contributed by atoms with Crippen molar-refractivity contribution in [3.8, 4) is 11.1 Å². The van der Waals surface area contributed by atoms with Crippen molar-refractivity contribution in [2.45, 2.75) is 40.5 Å². The molecule has 1 heterocycles. The Morgan fingerprint density at radius 3 is 1.83 bits per heavy atom. The molecule has 0 bridgehead atoms. The molecule has 0 spiro atoms. The summed E-state index contributed by atoms with van der Waals surface area (Å²) in [4.78, 5) is 9.11. The molecule has 4 aromatic carbocycles. The van der Waals surface area contributed by atoms with Crippen molar-refractivity contribution in [2.75, 3.05) is 0 Å². The number of benzene rings is 4. The largest absolute Gasteiger partial charge is 0.353 e. The van der Waals surface area contributed by atoms with Crippen molar-refractivity contribution in [3.05, 3.63) is 101 Å². The van der Waals surface area contributed by atoms with Crippen LogP contribution in [0, 0.1) is 11.8 Å². The second-order valence-corrected chi connectivity index (χ2v) is 10.8. The number of aromatic amines is 1. The summed E-state index contributed by atoms with van der Waals surface area (Å²) in [5.41, 5.74) is 12.1.